The Morgan fingerprint density at radius 2 is 1.38 bits per heavy atom. The second kappa shape index (κ2) is 8.04. The van der Waals surface area contributed by atoms with Gasteiger partial charge in [0, 0.05) is 37.2 Å². The Morgan fingerprint density at radius 3 is 1.93 bits per heavy atom. The van der Waals surface area contributed by atoms with Crippen molar-refractivity contribution in [2.24, 2.45) is 0 Å². The number of aryl methyl sites for hydroxylation is 1. The lowest BCUT2D eigenvalue weighted by Crippen LogP contribution is -2.45. The molecule has 2 aromatic heterocycles. The Labute approximate surface area is 170 Å². The third-order valence-electron chi connectivity index (χ3n) is 5.10. The van der Waals surface area contributed by atoms with Crippen LogP contribution in [-0.2, 0) is 18.5 Å². The van der Waals surface area contributed by atoms with Gasteiger partial charge in [-0.1, -0.05) is 60.9 Å². The summed E-state index contributed by atoms with van der Waals surface area (Å²) in [5.74, 6) is 2.74. The average molecular weight is 396 g/mol. The molecular weight excluding hydrogens is 368 g/mol. The second-order valence-corrected chi connectivity index (χ2v) is 8.69. The molecule has 0 radical (unpaired) electrons. The van der Waals surface area contributed by atoms with Crippen LogP contribution in [0.5, 0.6) is 0 Å². The Balaban J connectivity index is 1.28. The molecule has 154 valence electrons. The minimum atomic E-state index is -0.0953. The first-order valence-electron chi connectivity index (χ1n) is 10.0. The van der Waals surface area contributed by atoms with Crippen molar-refractivity contribution in [2.75, 3.05) is 26.2 Å². The molecule has 1 saturated heterocycles. The maximum absolute atomic E-state index is 5.46. The standard InChI is InChI=1S/C21H28N6O2/c1-15-5-7-16(8-6-15)19-22-17(28-24-19)13-26-9-11-27(12-10-26)14-18-23-20(25-29-18)21(2,3)4/h5-8H,9-14H2,1-4H3. The van der Waals surface area contributed by atoms with Crippen LogP contribution in [0.25, 0.3) is 11.4 Å². The summed E-state index contributed by atoms with van der Waals surface area (Å²) in [5.41, 5.74) is 2.09. The van der Waals surface area contributed by atoms with E-state index < -0.39 is 0 Å². The van der Waals surface area contributed by atoms with Crippen molar-refractivity contribution in [1.29, 1.82) is 0 Å². The third-order valence-corrected chi connectivity index (χ3v) is 5.10. The highest BCUT2D eigenvalue weighted by molar-refractivity contribution is 5.54. The minimum Gasteiger partial charge on any atom is -0.338 e. The summed E-state index contributed by atoms with van der Waals surface area (Å²) in [6.45, 7) is 13.4. The zero-order valence-electron chi connectivity index (χ0n) is 17.6. The van der Waals surface area contributed by atoms with Gasteiger partial charge in [-0.25, -0.2) is 0 Å². The minimum absolute atomic E-state index is 0.0953. The monoisotopic (exact) mass is 396 g/mol. The molecule has 0 N–H and O–H groups in total. The number of rotatable bonds is 5. The van der Waals surface area contributed by atoms with Crippen molar-refractivity contribution < 1.29 is 9.05 Å². The van der Waals surface area contributed by atoms with Crippen LogP contribution in [0, 0.1) is 6.92 Å². The molecule has 29 heavy (non-hydrogen) atoms. The van der Waals surface area contributed by atoms with Gasteiger partial charge in [-0.05, 0) is 6.92 Å². The van der Waals surface area contributed by atoms with E-state index in [1.54, 1.807) is 0 Å². The SMILES string of the molecule is Cc1ccc(-c2noc(CN3CCN(Cc4nc(C(C)(C)C)no4)CC3)n2)cc1. The predicted molar refractivity (Wildman–Crippen MR) is 108 cm³/mol. The molecule has 4 rings (SSSR count). The lowest BCUT2D eigenvalue weighted by atomic mass is 9.96. The number of piperazine rings is 1. The first-order valence-corrected chi connectivity index (χ1v) is 10.0. The average Bonchev–Trinajstić information content (AvgIpc) is 3.34. The molecule has 3 heterocycles. The number of benzene rings is 1. The Hall–Kier alpha value is -2.58. The van der Waals surface area contributed by atoms with Crippen LogP contribution >= 0.6 is 0 Å². The van der Waals surface area contributed by atoms with Gasteiger partial charge in [0.25, 0.3) is 0 Å². The molecule has 0 saturated carbocycles. The molecule has 1 aliphatic heterocycles. The van der Waals surface area contributed by atoms with Crippen LogP contribution in [0.2, 0.25) is 0 Å². The van der Waals surface area contributed by atoms with Gasteiger partial charge in [0.2, 0.25) is 17.6 Å². The summed E-state index contributed by atoms with van der Waals surface area (Å²) >= 11 is 0. The lowest BCUT2D eigenvalue weighted by Gasteiger charge is -2.32. The van der Waals surface area contributed by atoms with Gasteiger partial charge in [-0.15, -0.1) is 0 Å². The smallest absolute Gasteiger partial charge is 0.241 e. The summed E-state index contributed by atoms with van der Waals surface area (Å²) in [7, 11) is 0. The van der Waals surface area contributed by atoms with Gasteiger partial charge in [-0.3, -0.25) is 9.80 Å². The van der Waals surface area contributed by atoms with E-state index in [0.717, 1.165) is 37.6 Å². The van der Waals surface area contributed by atoms with Crippen molar-refractivity contribution in [3.63, 3.8) is 0 Å². The van der Waals surface area contributed by atoms with Crippen LogP contribution in [0.15, 0.2) is 33.3 Å². The molecular formula is C21H28N6O2. The lowest BCUT2D eigenvalue weighted by molar-refractivity contribution is 0.103. The summed E-state index contributed by atoms with van der Waals surface area (Å²) in [4.78, 5) is 13.7. The highest BCUT2D eigenvalue weighted by Crippen LogP contribution is 2.20. The molecule has 0 spiro atoms. The van der Waals surface area contributed by atoms with Crippen LogP contribution < -0.4 is 0 Å². The Kier molecular flexibility index (Phi) is 5.47. The summed E-state index contributed by atoms with van der Waals surface area (Å²) in [5, 5.41) is 8.23. The van der Waals surface area contributed by atoms with Crippen molar-refractivity contribution in [1.82, 2.24) is 30.1 Å². The molecule has 3 aromatic rings. The maximum atomic E-state index is 5.46. The molecule has 0 unspecified atom stereocenters. The van der Waals surface area contributed by atoms with Gasteiger partial charge in [0.05, 0.1) is 13.1 Å². The molecule has 0 aliphatic carbocycles. The molecule has 8 heteroatoms. The van der Waals surface area contributed by atoms with E-state index in [1.807, 2.05) is 12.1 Å². The summed E-state index contributed by atoms with van der Waals surface area (Å²) in [6.07, 6.45) is 0. The third kappa shape index (κ3) is 4.89. The van der Waals surface area contributed by atoms with Crippen LogP contribution in [0.1, 0.15) is 43.9 Å². The molecule has 1 fully saturated rings. The van der Waals surface area contributed by atoms with Crippen molar-refractivity contribution in [2.45, 2.75) is 46.2 Å². The van der Waals surface area contributed by atoms with E-state index in [4.69, 9.17) is 9.05 Å². The highest BCUT2D eigenvalue weighted by atomic mass is 16.5. The predicted octanol–water partition coefficient (Wildman–Crippen LogP) is 3.04. The fourth-order valence-corrected chi connectivity index (χ4v) is 3.25. The molecule has 0 amide bonds. The normalized spacial score (nSPS) is 16.4. The quantitative estimate of drug-likeness (QED) is 0.651. The fourth-order valence-electron chi connectivity index (χ4n) is 3.25. The van der Waals surface area contributed by atoms with E-state index in [-0.39, 0.29) is 5.41 Å². The van der Waals surface area contributed by atoms with Gasteiger partial charge < -0.3 is 9.05 Å². The number of hydrogen-bond donors (Lipinski definition) is 0. The Bertz CT molecular complexity index is 933. The maximum Gasteiger partial charge on any atom is 0.241 e. The number of hydrogen-bond acceptors (Lipinski definition) is 8. The second-order valence-electron chi connectivity index (χ2n) is 8.69. The van der Waals surface area contributed by atoms with Crippen molar-refractivity contribution in [3.05, 3.63) is 47.4 Å². The van der Waals surface area contributed by atoms with E-state index >= 15 is 0 Å². The van der Waals surface area contributed by atoms with Crippen LogP contribution in [0.4, 0.5) is 0 Å². The number of aromatic nitrogens is 4. The molecule has 1 aliphatic rings. The van der Waals surface area contributed by atoms with E-state index in [2.05, 4.69) is 69.9 Å². The van der Waals surface area contributed by atoms with Crippen molar-refractivity contribution >= 4 is 0 Å². The molecule has 0 bridgehead atoms. The fraction of sp³-hybridized carbons (Fsp3) is 0.524. The number of nitrogens with zero attached hydrogens (tertiary/aromatic N) is 6. The van der Waals surface area contributed by atoms with Gasteiger partial charge in [0.15, 0.2) is 5.82 Å². The molecule has 1 aromatic carbocycles. The summed E-state index contributed by atoms with van der Waals surface area (Å²) < 4.78 is 10.9. The Morgan fingerprint density at radius 1 is 0.828 bits per heavy atom. The van der Waals surface area contributed by atoms with Crippen LogP contribution in [-0.4, -0.2) is 56.3 Å². The van der Waals surface area contributed by atoms with Gasteiger partial charge in [-0.2, -0.15) is 9.97 Å². The van der Waals surface area contributed by atoms with Gasteiger partial charge >= 0.3 is 0 Å². The highest BCUT2D eigenvalue weighted by Gasteiger charge is 2.24. The van der Waals surface area contributed by atoms with Gasteiger partial charge in [0.1, 0.15) is 0 Å². The first-order chi connectivity index (χ1) is 13.9. The van der Waals surface area contributed by atoms with E-state index in [0.29, 0.717) is 30.7 Å². The summed E-state index contributed by atoms with van der Waals surface area (Å²) in [6, 6.07) is 8.15. The zero-order valence-corrected chi connectivity index (χ0v) is 17.6. The first kappa shape index (κ1) is 19.7. The molecule has 8 nitrogen and oxygen atoms in total. The molecule has 0 atom stereocenters. The largest absolute Gasteiger partial charge is 0.338 e. The zero-order chi connectivity index (χ0) is 20.4. The topological polar surface area (TPSA) is 84.3 Å². The van der Waals surface area contributed by atoms with E-state index in [1.165, 1.54) is 5.56 Å². The van der Waals surface area contributed by atoms with Crippen molar-refractivity contribution in [3.8, 4) is 11.4 Å². The van der Waals surface area contributed by atoms with E-state index in [9.17, 15) is 0 Å². The van der Waals surface area contributed by atoms with Crippen LogP contribution in [0.3, 0.4) is 0 Å².